The Hall–Kier alpha value is -2.51. The molecule has 0 unspecified atom stereocenters. The van der Waals surface area contributed by atoms with Crippen molar-refractivity contribution in [2.75, 3.05) is 12.0 Å². The highest BCUT2D eigenvalue weighted by atomic mass is 79.9. The lowest BCUT2D eigenvalue weighted by atomic mass is 9.56. The summed E-state index contributed by atoms with van der Waals surface area (Å²) in [6.45, 7) is 0. The van der Waals surface area contributed by atoms with Crippen LogP contribution in [-0.4, -0.2) is 55.9 Å². The molecule has 214 valence electrons. The number of allylic oxidation sites excluding steroid dienone is 2. The Morgan fingerprint density at radius 3 is 2.32 bits per heavy atom. The summed E-state index contributed by atoms with van der Waals surface area (Å²) in [7, 11) is 1.33. The number of anilines is 1. The molecule has 0 radical (unpaired) electrons. The Morgan fingerprint density at radius 2 is 1.68 bits per heavy atom. The fourth-order valence-electron chi connectivity index (χ4n) is 6.71. The van der Waals surface area contributed by atoms with Crippen molar-refractivity contribution >= 4 is 84.4 Å². The second kappa shape index (κ2) is 9.50. The van der Waals surface area contributed by atoms with Gasteiger partial charge >= 0.3 is 0 Å². The average Bonchev–Trinajstić information content (AvgIpc) is 3.26. The van der Waals surface area contributed by atoms with Crippen LogP contribution in [0.1, 0.15) is 24.3 Å². The predicted molar refractivity (Wildman–Crippen MR) is 150 cm³/mol. The zero-order valence-electron chi connectivity index (χ0n) is 20.9. The highest BCUT2D eigenvalue weighted by Crippen LogP contribution is 2.67. The van der Waals surface area contributed by atoms with Gasteiger partial charge in [-0.2, -0.15) is 5.06 Å². The zero-order valence-corrected chi connectivity index (χ0v) is 25.6. The van der Waals surface area contributed by atoms with E-state index >= 15 is 0 Å². The topological polar surface area (TPSA) is 124 Å². The number of halogens is 5. The molecule has 3 fully saturated rings. The predicted octanol–water partition coefficient (Wildman–Crippen LogP) is 5.02. The smallest absolute Gasteiger partial charge is 0.258 e. The van der Waals surface area contributed by atoms with E-state index in [1.807, 2.05) is 0 Å². The summed E-state index contributed by atoms with van der Waals surface area (Å²) in [5.41, 5.74) is 0.818. The maximum absolute atomic E-state index is 14.3. The average molecular weight is 733 g/mol. The third kappa shape index (κ3) is 3.60. The maximum atomic E-state index is 14.3. The fraction of sp³-hybridized carbons (Fsp3) is 0.333. The molecular weight excluding hydrogens is 714 g/mol. The minimum Gasteiger partial charge on any atom is -0.503 e. The van der Waals surface area contributed by atoms with Crippen molar-refractivity contribution in [2.45, 2.75) is 28.5 Å². The Morgan fingerprint density at radius 1 is 1.02 bits per heavy atom. The van der Waals surface area contributed by atoms with Crippen molar-refractivity contribution < 1.29 is 38.6 Å². The van der Waals surface area contributed by atoms with E-state index in [0.29, 0.717) is 11.1 Å². The van der Waals surface area contributed by atoms with Gasteiger partial charge < -0.3 is 9.84 Å². The van der Waals surface area contributed by atoms with Crippen LogP contribution < -0.4 is 9.64 Å². The van der Waals surface area contributed by atoms with Crippen molar-refractivity contribution in [3.63, 3.8) is 0 Å². The van der Waals surface area contributed by atoms with Crippen LogP contribution in [0.5, 0.6) is 11.5 Å². The molecular formula is C27H19Br2Cl2FN2O7. The van der Waals surface area contributed by atoms with Gasteiger partial charge in [-0.1, -0.05) is 11.6 Å². The standard InChI is InChI=1S/C27H19Br2Cl2FN2O7/c1-41-16-8-14(19(28)20(29)21(16)35)18-12-6-7-13-17(23(37)34(40)22(13)36)15(12)9-26(30)24(38)33(25(39)27(18,26)31)11-4-2-10(32)3-5-11/h2-6,8,13,15,17-18,35,40H,7,9H2,1H3/t13-,15+,17-,18+,26+,27-/m0/s1. The minimum absolute atomic E-state index is 0.0211. The van der Waals surface area contributed by atoms with Crippen LogP contribution in [0, 0.1) is 23.6 Å². The third-order valence-corrected chi connectivity index (χ3v) is 12.1. The summed E-state index contributed by atoms with van der Waals surface area (Å²) < 4.78 is 19.5. The van der Waals surface area contributed by atoms with Crippen LogP contribution in [0.3, 0.4) is 0 Å². The van der Waals surface area contributed by atoms with Gasteiger partial charge in [0.1, 0.15) is 5.82 Å². The lowest BCUT2D eigenvalue weighted by molar-refractivity contribution is -0.173. The second-order valence-corrected chi connectivity index (χ2v) is 13.2. The van der Waals surface area contributed by atoms with E-state index in [0.717, 1.165) is 17.0 Å². The molecule has 6 rings (SSSR count). The van der Waals surface area contributed by atoms with Crippen molar-refractivity contribution in [2.24, 2.45) is 17.8 Å². The fourth-order valence-corrected chi connectivity index (χ4v) is 8.59. The molecule has 2 aromatic rings. The van der Waals surface area contributed by atoms with Crippen molar-refractivity contribution in [3.05, 3.63) is 62.3 Å². The van der Waals surface area contributed by atoms with E-state index in [9.17, 15) is 33.9 Å². The number of aromatic hydroxyl groups is 1. The molecule has 6 atom stereocenters. The Labute approximate surface area is 259 Å². The Kier molecular flexibility index (Phi) is 6.63. The summed E-state index contributed by atoms with van der Waals surface area (Å²) in [6, 6.07) is 6.12. The molecule has 9 nitrogen and oxygen atoms in total. The second-order valence-electron chi connectivity index (χ2n) is 10.4. The molecule has 41 heavy (non-hydrogen) atoms. The lowest BCUT2D eigenvalue weighted by Crippen LogP contribution is -2.60. The van der Waals surface area contributed by atoms with Gasteiger partial charge in [-0.05, 0) is 86.5 Å². The molecule has 2 saturated heterocycles. The number of carbonyl (C=O) groups is 4. The van der Waals surface area contributed by atoms with E-state index in [4.69, 9.17) is 27.9 Å². The highest BCUT2D eigenvalue weighted by molar-refractivity contribution is 9.13. The Bertz CT molecular complexity index is 1600. The highest BCUT2D eigenvalue weighted by Gasteiger charge is 2.77. The number of hydroxylamine groups is 2. The van der Waals surface area contributed by atoms with Gasteiger partial charge in [0.15, 0.2) is 21.2 Å². The lowest BCUT2D eigenvalue weighted by Gasteiger charge is -2.51. The number of benzene rings is 2. The van der Waals surface area contributed by atoms with Crippen LogP contribution in [-0.2, 0) is 19.2 Å². The molecule has 2 heterocycles. The van der Waals surface area contributed by atoms with Crippen LogP contribution in [0.15, 0.2) is 50.9 Å². The Balaban J connectivity index is 1.63. The summed E-state index contributed by atoms with van der Waals surface area (Å²) in [6.07, 6.45) is 1.46. The number of imide groups is 2. The summed E-state index contributed by atoms with van der Waals surface area (Å²) in [4.78, 5) is 50.8. The van der Waals surface area contributed by atoms with Crippen molar-refractivity contribution in [1.82, 2.24) is 5.06 Å². The number of phenolic OH excluding ortho intramolecular Hbond substituents is 1. The first kappa shape index (κ1) is 28.6. The van der Waals surface area contributed by atoms with E-state index in [1.54, 1.807) is 6.08 Å². The quantitative estimate of drug-likeness (QED) is 0.197. The van der Waals surface area contributed by atoms with Crippen LogP contribution in [0.4, 0.5) is 10.1 Å². The van der Waals surface area contributed by atoms with E-state index in [2.05, 4.69) is 31.9 Å². The molecule has 0 aromatic heterocycles. The SMILES string of the molecule is COc1cc([C@H]2C3=CC[C@@H]4C(=O)N(O)C(=O)[C@@H]4[C@@H]3C[C@@]3(Cl)C(=O)N(c4ccc(F)cc4)C(=O)[C@@]23Cl)c(Br)c(Br)c1O. The number of fused-ring (bicyclic) bond motifs is 4. The van der Waals surface area contributed by atoms with Gasteiger partial charge in [0.05, 0.1) is 29.1 Å². The number of ether oxygens (including phenoxy) is 1. The van der Waals surface area contributed by atoms with Gasteiger partial charge in [-0.3, -0.25) is 24.4 Å². The van der Waals surface area contributed by atoms with Crippen LogP contribution in [0.2, 0.25) is 0 Å². The summed E-state index contributed by atoms with van der Waals surface area (Å²) >= 11 is 21.3. The number of amides is 4. The number of carbonyl (C=O) groups excluding carboxylic acids is 4. The first-order chi connectivity index (χ1) is 19.3. The molecule has 14 heteroatoms. The molecule has 4 amide bonds. The largest absolute Gasteiger partial charge is 0.503 e. The maximum Gasteiger partial charge on any atom is 0.258 e. The normalized spacial score (nSPS) is 32.6. The number of hydrogen-bond donors (Lipinski definition) is 2. The minimum atomic E-state index is -2.18. The number of rotatable bonds is 3. The third-order valence-electron chi connectivity index (χ3n) is 8.58. The molecule has 2 aliphatic heterocycles. The van der Waals surface area contributed by atoms with Gasteiger partial charge in [0.2, 0.25) is 0 Å². The molecule has 2 aromatic carbocycles. The number of methoxy groups -OCH3 is 1. The number of hydrogen-bond acceptors (Lipinski definition) is 7. The summed E-state index contributed by atoms with van der Waals surface area (Å²) in [5.74, 6) is -8.18. The molecule has 1 saturated carbocycles. The van der Waals surface area contributed by atoms with Gasteiger partial charge in [0.25, 0.3) is 23.6 Å². The van der Waals surface area contributed by atoms with Gasteiger partial charge in [-0.15, -0.1) is 23.2 Å². The van der Waals surface area contributed by atoms with Gasteiger partial charge in [0, 0.05) is 10.4 Å². The number of nitrogens with zero attached hydrogens (tertiary/aromatic N) is 2. The van der Waals surface area contributed by atoms with E-state index in [-0.39, 0.29) is 44.0 Å². The first-order valence-electron chi connectivity index (χ1n) is 12.3. The van der Waals surface area contributed by atoms with Crippen LogP contribution in [0.25, 0.3) is 0 Å². The van der Waals surface area contributed by atoms with E-state index < -0.39 is 62.9 Å². The molecule has 2 aliphatic carbocycles. The first-order valence-corrected chi connectivity index (χ1v) is 14.7. The molecule has 0 bridgehead atoms. The molecule has 0 spiro atoms. The van der Waals surface area contributed by atoms with Crippen molar-refractivity contribution in [3.8, 4) is 11.5 Å². The number of alkyl halides is 2. The van der Waals surface area contributed by atoms with Crippen LogP contribution >= 0.6 is 55.1 Å². The monoisotopic (exact) mass is 730 g/mol. The molecule has 2 N–H and O–H groups in total. The zero-order chi connectivity index (χ0) is 29.8. The number of phenols is 1. The van der Waals surface area contributed by atoms with E-state index in [1.165, 1.54) is 25.3 Å². The molecule has 4 aliphatic rings. The van der Waals surface area contributed by atoms with Gasteiger partial charge in [-0.25, -0.2) is 9.29 Å². The van der Waals surface area contributed by atoms with Crippen molar-refractivity contribution in [1.29, 1.82) is 0 Å². The summed E-state index contributed by atoms with van der Waals surface area (Å²) in [5, 5.41) is 20.9.